The lowest BCUT2D eigenvalue weighted by Gasteiger charge is -2.28. The van der Waals surface area contributed by atoms with E-state index in [4.69, 9.17) is 11.5 Å². The number of hydrogen-bond acceptors (Lipinski definition) is 13. The van der Waals surface area contributed by atoms with Crippen LogP contribution < -0.4 is 43.4 Å². The lowest BCUT2D eigenvalue weighted by Crippen LogP contribution is -2.62. The second-order valence-electron chi connectivity index (χ2n) is 14.7. The summed E-state index contributed by atoms with van der Waals surface area (Å²) in [6, 6.07) is 7.64. The monoisotopic (exact) mass is 871 g/mol. The molecule has 1 saturated heterocycles. The van der Waals surface area contributed by atoms with Gasteiger partial charge in [0.25, 0.3) is 0 Å². The maximum atomic E-state index is 14.3. The van der Waals surface area contributed by atoms with Crippen LogP contribution in [0.2, 0.25) is 0 Å². The lowest BCUT2D eigenvalue weighted by molar-refractivity contribution is -0.136. The average molecular weight is 872 g/mol. The molecule has 0 aliphatic carbocycles. The number of aliphatic hydroxyl groups is 3. The van der Waals surface area contributed by atoms with Crippen molar-refractivity contribution in [1.82, 2.24) is 36.9 Å². The second-order valence-corrected chi connectivity index (χ2v) is 17.3. The van der Waals surface area contributed by atoms with Crippen molar-refractivity contribution in [3.05, 3.63) is 71.9 Å². The summed E-state index contributed by atoms with van der Waals surface area (Å²) < 4.78 is 0. The van der Waals surface area contributed by atoms with Crippen LogP contribution in [0.4, 0.5) is 0 Å². The first kappa shape index (κ1) is 48.0. The lowest BCUT2D eigenvalue weighted by atomic mass is 10.0. The van der Waals surface area contributed by atoms with Gasteiger partial charge in [0, 0.05) is 35.0 Å². The molecule has 0 spiro atoms. The van der Waals surface area contributed by atoms with E-state index in [1.165, 1.54) is 13.8 Å². The van der Waals surface area contributed by atoms with E-state index < -0.39 is 96.6 Å². The summed E-state index contributed by atoms with van der Waals surface area (Å²) in [5.41, 5.74) is 14.3. The quantitative estimate of drug-likeness (QED) is 0.0611. The Balaban J connectivity index is 1.72. The summed E-state index contributed by atoms with van der Waals surface area (Å²) in [4.78, 5) is 86.4. The maximum absolute atomic E-state index is 14.3. The summed E-state index contributed by atoms with van der Waals surface area (Å²) in [5.74, 6) is -4.85. The number of nitrogens with one attached hydrogen (secondary N) is 7. The highest BCUT2D eigenvalue weighted by Gasteiger charge is 2.36. The summed E-state index contributed by atoms with van der Waals surface area (Å²) in [7, 11) is 2.14. The maximum Gasteiger partial charge on any atom is 0.245 e. The van der Waals surface area contributed by atoms with Gasteiger partial charge in [-0.2, -0.15) is 0 Å². The molecule has 0 bridgehead atoms. The Morgan fingerprint density at radius 3 is 2.20 bits per heavy atom. The largest absolute Gasteiger partial charge is 0.394 e. The molecule has 6 amide bonds. The molecule has 1 aromatic heterocycles. The number of aromatic amines is 1. The Labute approximate surface area is 356 Å². The van der Waals surface area contributed by atoms with E-state index in [-0.39, 0.29) is 30.8 Å². The van der Waals surface area contributed by atoms with Crippen LogP contribution >= 0.6 is 21.6 Å². The van der Waals surface area contributed by atoms with Gasteiger partial charge in [0.2, 0.25) is 35.4 Å². The van der Waals surface area contributed by atoms with E-state index in [0.717, 1.165) is 38.1 Å². The van der Waals surface area contributed by atoms with Crippen molar-refractivity contribution in [2.75, 3.05) is 24.7 Å². The van der Waals surface area contributed by atoms with E-state index in [9.17, 15) is 44.1 Å². The Bertz CT molecular complexity index is 1900. The molecular weight excluding hydrogens is 815 g/mol. The third-order valence-electron chi connectivity index (χ3n) is 9.94. The highest BCUT2D eigenvalue weighted by molar-refractivity contribution is 8.76. The first-order chi connectivity index (χ1) is 28.7. The van der Waals surface area contributed by atoms with Gasteiger partial charge in [-0.05, 0) is 63.3 Å². The Morgan fingerprint density at radius 1 is 0.850 bits per heavy atom. The van der Waals surface area contributed by atoms with Crippen LogP contribution in [-0.4, -0.2) is 135 Å². The first-order valence-electron chi connectivity index (χ1n) is 19.8. The van der Waals surface area contributed by atoms with Gasteiger partial charge in [0.15, 0.2) is 0 Å². The molecule has 14 N–H and O–H groups in total. The van der Waals surface area contributed by atoms with Crippen molar-refractivity contribution >= 4 is 67.9 Å². The fourth-order valence-corrected chi connectivity index (χ4v) is 8.72. The predicted molar refractivity (Wildman–Crippen MR) is 230 cm³/mol. The fourth-order valence-electron chi connectivity index (χ4n) is 6.40. The molecule has 18 nitrogen and oxygen atoms in total. The van der Waals surface area contributed by atoms with Gasteiger partial charge in [-0.25, -0.2) is 0 Å². The molecule has 2 aromatic carbocycles. The summed E-state index contributed by atoms with van der Waals surface area (Å²) in [6.07, 6.45) is 0.220. The van der Waals surface area contributed by atoms with Crippen molar-refractivity contribution in [3.8, 4) is 0 Å². The molecule has 1 fully saturated rings. The van der Waals surface area contributed by atoms with Crippen molar-refractivity contribution in [3.63, 3.8) is 0 Å². The minimum Gasteiger partial charge on any atom is -0.394 e. The van der Waals surface area contributed by atoms with Gasteiger partial charge in [-0.15, -0.1) is 0 Å². The third kappa shape index (κ3) is 14.2. The smallest absolute Gasteiger partial charge is 0.245 e. The number of amides is 6. The van der Waals surface area contributed by atoms with Crippen LogP contribution in [0.5, 0.6) is 0 Å². The molecule has 0 radical (unpaired) electrons. The van der Waals surface area contributed by atoms with E-state index in [2.05, 4.69) is 36.9 Å². The van der Waals surface area contributed by atoms with Gasteiger partial charge in [0.05, 0.1) is 30.9 Å². The summed E-state index contributed by atoms with van der Waals surface area (Å²) in [6.45, 7) is 2.33. The van der Waals surface area contributed by atoms with Gasteiger partial charge >= 0.3 is 0 Å². The van der Waals surface area contributed by atoms with Gasteiger partial charge in [-0.3, -0.25) is 28.8 Å². The molecule has 3 aromatic rings. The Kier molecular flexibility index (Phi) is 19.1. The van der Waals surface area contributed by atoms with Crippen molar-refractivity contribution in [2.24, 2.45) is 11.5 Å². The van der Waals surface area contributed by atoms with Crippen molar-refractivity contribution in [2.45, 2.75) is 100 Å². The highest BCUT2D eigenvalue weighted by Crippen LogP contribution is 2.24. The van der Waals surface area contributed by atoms with E-state index in [1.807, 2.05) is 54.6 Å². The van der Waals surface area contributed by atoms with E-state index in [0.29, 0.717) is 24.9 Å². The number of carbonyl (C=O) groups excluding carboxylic acids is 6. The van der Waals surface area contributed by atoms with Crippen LogP contribution in [0, 0.1) is 0 Å². The molecule has 9 atom stereocenters. The zero-order valence-corrected chi connectivity index (χ0v) is 35.2. The number of para-hydroxylation sites is 1. The number of unbranched alkanes of at least 4 members (excludes halogenated alkanes) is 1. The van der Waals surface area contributed by atoms with Crippen LogP contribution in [0.15, 0.2) is 60.8 Å². The van der Waals surface area contributed by atoms with E-state index in [1.54, 1.807) is 6.20 Å². The molecule has 1 aliphatic rings. The number of carbonyl (C=O) groups is 6. The minimum absolute atomic E-state index is 0.0222. The topological polar surface area (TPSA) is 303 Å². The number of hydrogen-bond donors (Lipinski definition) is 12. The van der Waals surface area contributed by atoms with Gasteiger partial charge < -0.3 is 63.7 Å². The molecule has 4 rings (SSSR count). The van der Waals surface area contributed by atoms with Crippen molar-refractivity contribution in [1.29, 1.82) is 0 Å². The zero-order chi connectivity index (χ0) is 43.8. The number of aromatic nitrogens is 1. The second kappa shape index (κ2) is 23.9. The Hall–Kier alpha value is -4.70. The van der Waals surface area contributed by atoms with Gasteiger partial charge in [-0.1, -0.05) is 70.1 Å². The molecule has 20 heteroatoms. The fraction of sp³-hybridized carbons (Fsp3) is 0.500. The van der Waals surface area contributed by atoms with Crippen molar-refractivity contribution < 1.29 is 44.1 Å². The molecule has 0 saturated carbocycles. The molecule has 328 valence electrons. The number of benzene rings is 2. The number of aliphatic hydroxyl groups excluding tert-OH is 3. The predicted octanol–water partition coefficient (Wildman–Crippen LogP) is -1.53. The standard InChI is InChI=1S/C40H57N9O9S2/c1-22(51)31(19-50)46-39(57)33-21-60-59-20-32(47-35(53)27(42)16-24-10-4-3-5-11-24)38(56)45-30(17-25-18-43-28-13-7-6-12-26(25)28)37(55)44-29(14-8-9-15-41)36(54)49-34(23(2)52)40(58)48-33/h3-7,10-13,18,22-23,27,29-34,43,50-52H,8-9,14-17,19-21,41-42H2,1-2H3,(H,44,55)(H,45,56)(H,46,57)(H,47,53)(H,48,58)(H,49,54)/t22-,23-,27-,29+,30-,31-,32+,33+,34+/m1/s1. The molecule has 0 unspecified atom stereocenters. The van der Waals surface area contributed by atoms with Crippen LogP contribution in [0.25, 0.3) is 10.9 Å². The molecule has 60 heavy (non-hydrogen) atoms. The number of H-pyrrole nitrogens is 1. The number of fused-ring (bicyclic) bond motifs is 1. The number of rotatable bonds is 15. The molecule has 2 heterocycles. The van der Waals surface area contributed by atoms with Crippen LogP contribution in [-0.2, 0) is 41.6 Å². The normalized spacial score (nSPS) is 23.1. The van der Waals surface area contributed by atoms with Crippen LogP contribution in [0.3, 0.4) is 0 Å². The summed E-state index contributed by atoms with van der Waals surface area (Å²) >= 11 is 0. The van der Waals surface area contributed by atoms with Crippen LogP contribution in [0.1, 0.15) is 44.2 Å². The molecular formula is C40H57N9O9S2. The summed E-state index contributed by atoms with van der Waals surface area (Å²) in [5, 5.41) is 47.1. The van der Waals surface area contributed by atoms with Gasteiger partial charge in [0.1, 0.15) is 30.2 Å². The zero-order valence-electron chi connectivity index (χ0n) is 33.6. The van der Waals surface area contributed by atoms with E-state index >= 15 is 0 Å². The average Bonchev–Trinajstić information content (AvgIpc) is 3.63. The minimum atomic E-state index is -1.58. The Morgan fingerprint density at radius 2 is 1.52 bits per heavy atom. The third-order valence-corrected chi connectivity index (χ3v) is 12.4. The first-order valence-corrected chi connectivity index (χ1v) is 22.3. The molecule has 1 aliphatic heterocycles. The number of nitrogens with two attached hydrogens (primary N) is 2. The highest BCUT2D eigenvalue weighted by atomic mass is 33.1. The SMILES string of the molecule is C[C@@H](O)[C@@H]1NC(=O)[C@H](CCCCN)NC(=O)[C@@H](Cc2c[nH]c3ccccc23)NC(=O)[C@@H](NC(=O)[C@H](N)Cc2ccccc2)CSSC[C@@H](C(=O)N[C@H](CO)[C@@H](C)O)NC1=O.